The van der Waals surface area contributed by atoms with E-state index in [4.69, 9.17) is 11.4 Å². The summed E-state index contributed by atoms with van der Waals surface area (Å²) in [7, 11) is 0. The zero-order chi connectivity index (χ0) is 18.3. The average Bonchev–Trinajstić information content (AvgIpc) is 2.89. The molecule has 3 rings (SSSR count). The summed E-state index contributed by atoms with van der Waals surface area (Å²) < 4.78 is 1.64. The van der Waals surface area contributed by atoms with Gasteiger partial charge in [0.2, 0.25) is 0 Å². The van der Waals surface area contributed by atoms with E-state index >= 15 is 0 Å². The molecule has 0 spiro atoms. The lowest BCUT2D eigenvalue weighted by molar-refractivity contribution is 0.651. The number of rotatable bonds is 3. The maximum atomic E-state index is 13.2. The largest absolute Gasteiger partial charge is 0.284 e. The van der Waals surface area contributed by atoms with Gasteiger partial charge in [-0.3, -0.25) is 9.36 Å². The molecule has 3 nitrogen and oxygen atoms in total. The minimum absolute atomic E-state index is 0.0378. The molecule has 2 aromatic heterocycles. The lowest BCUT2D eigenvalue weighted by Crippen LogP contribution is -2.25. The summed E-state index contributed by atoms with van der Waals surface area (Å²) in [4.78, 5) is 19.9. The topological polar surface area (TPSA) is 34.9 Å². The van der Waals surface area contributed by atoms with Gasteiger partial charge >= 0.3 is 0 Å². The maximum absolute atomic E-state index is 13.2. The average molecular weight is 350 g/mol. The van der Waals surface area contributed by atoms with Crippen LogP contribution in [0.2, 0.25) is 0 Å². The lowest BCUT2D eigenvalue weighted by atomic mass is 9.99. The van der Waals surface area contributed by atoms with Crippen molar-refractivity contribution in [1.82, 2.24) is 9.55 Å². The highest BCUT2D eigenvalue weighted by atomic mass is 32.1. The zero-order valence-corrected chi connectivity index (χ0v) is 16.1. The molecule has 4 heteroatoms. The van der Waals surface area contributed by atoms with Crippen molar-refractivity contribution in [3.05, 3.63) is 50.4 Å². The van der Waals surface area contributed by atoms with Crippen molar-refractivity contribution < 1.29 is 0 Å². The molecule has 0 fully saturated rings. The Bertz CT molecular complexity index is 1060. The van der Waals surface area contributed by atoms with E-state index in [0.29, 0.717) is 5.39 Å². The number of hydrogen-bond donors (Lipinski definition) is 0. The molecule has 0 aliphatic rings. The van der Waals surface area contributed by atoms with Gasteiger partial charge in [-0.1, -0.05) is 38.0 Å². The summed E-state index contributed by atoms with van der Waals surface area (Å²) in [6, 6.07) is 6.33. The Labute approximate surface area is 152 Å². The van der Waals surface area contributed by atoms with Crippen molar-refractivity contribution >= 4 is 21.6 Å². The van der Waals surface area contributed by atoms with Gasteiger partial charge < -0.3 is 0 Å². The first kappa shape index (κ1) is 17.4. The number of aromatic nitrogens is 2. The van der Waals surface area contributed by atoms with Crippen LogP contribution in [-0.4, -0.2) is 9.55 Å². The monoisotopic (exact) mass is 350 g/mol. The molecule has 128 valence electrons. The van der Waals surface area contributed by atoms with Crippen LogP contribution in [0, 0.1) is 33.1 Å². The van der Waals surface area contributed by atoms with E-state index in [2.05, 4.69) is 44.9 Å². The Morgan fingerprint density at radius 3 is 2.56 bits per heavy atom. The highest BCUT2D eigenvalue weighted by molar-refractivity contribution is 7.19. The van der Waals surface area contributed by atoms with Gasteiger partial charge in [-0.15, -0.1) is 17.8 Å². The van der Waals surface area contributed by atoms with Crippen LogP contribution in [0.5, 0.6) is 0 Å². The Morgan fingerprint density at radius 2 is 1.96 bits per heavy atom. The molecule has 0 bridgehead atoms. The Kier molecular flexibility index (Phi) is 4.53. The summed E-state index contributed by atoms with van der Waals surface area (Å²) in [6.45, 7) is 10.5. The van der Waals surface area contributed by atoms with Crippen molar-refractivity contribution in [3.63, 3.8) is 0 Å². The second-order valence-corrected chi connectivity index (χ2v) is 7.94. The molecule has 0 aliphatic carbocycles. The van der Waals surface area contributed by atoms with Crippen LogP contribution in [0.1, 0.15) is 41.6 Å². The van der Waals surface area contributed by atoms with E-state index in [1.807, 2.05) is 13.8 Å². The van der Waals surface area contributed by atoms with Crippen LogP contribution >= 0.6 is 11.3 Å². The highest BCUT2D eigenvalue weighted by Crippen LogP contribution is 2.36. The van der Waals surface area contributed by atoms with Crippen LogP contribution < -0.4 is 5.56 Å². The van der Waals surface area contributed by atoms with Crippen molar-refractivity contribution in [1.29, 1.82) is 0 Å². The SMILES string of the molecule is C#CCn1c(C(C)C)nc2sc(C)c(-c3ccc(C)c(C)c3)c2c1=O. The molecule has 0 aliphatic heterocycles. The standard InChI is InChI=1S/C21H22N2OS/c1-7-10-23-19(12(2)3)22-20-18(21(23)24)17(15(6)25-20)16-9-8-13(4)14(5)11-16/h1,8-9,11-12H,10H2,2-6H3. The number of nitrogens with zero attached hydrogens (tertiary/aromatic N) is 2. The first-order valence-electron chi connectivity index (χ1n) is 8.40. The van der Waals surface area contributed by atoms with Crippen molar-refractivity contribution in [2.75, 3.05) is 0 Å². The van der Waals surface area contributed by atoms with Gasteiger partial charge in [-0.25, -0.2) is 4.98 Å². The first-order valence-corrected chi connectivity index (χ1v) is 9.21. The summed E-state index contributed by atoms with van der Waals surface area (Å²) in [5.74, 6) is 3.48. The Balaban J connectivity index is 2.40. The number of benzene rings is 1. The molecule has 1 aromatic carbocycles. The van der Waals surface area contributed by atoms with Crippen LogP contribution in [-0.2, 0) is 6.54 Å². The van der Waals surface area contributed by atoms with Crippen LogP contribution in [0.3, 0.4) is 0 Å². The van der Waals surface area contributed by atoms with E-state index < -0.39 is 0 Å². The van der Waals surface area contributed by atoms with Gasteiger partial charge in [0.25, 0.3) is 5.56 Å². The van der Waals surface area contributed by atoms with Crippen molar-refractivity contribution in [2.45, 2.75) is 47.1 Å². The van der Waals surface area contributed by atoms with Gasteiger partial charge in [0, 0.05) is 16.4 Å². The van der Waals surface area contributed by atoms with Gasteiger partial charge in [0.05, 0.1) is 11.9 Å². The minimum Gasteiger partial charge on any atom is -0.284 e. The van der Waals surface area contributed by atoms with Crippen LogP contribution in [0.4, 0.5) is 0 Å². The molecule has 25 heavy (non-hydrogen) atoms. The molecule has 0 unspecified atom stereocenters. The summed E-state index contributed by atoms with van der Waals surface area (Å²) >= 11 is 1.58. The fourth-order valence-corrected chi connectivity index (χ4v) is 4.18. The molecule has 0 N–H and O–H groups in total. The fraction of sp³-hybridized carbons (Fsp3) is 0.333. The third-order valence-electron chi connectivity index (χ3n) is 4.58. The third-order valence-corrected chi connectivity index (χ3v) is 5.58. The molecule has 0 atom stereocenters. The number of fused-ring (bicyclic) bond motifs is 1. The molecular formula is C21H22N2OS. The van der Waals surface area contributed by atoms with Crippen molar-refractivity contribution in [2.24, 2.45) is 0 Å². The van der Waals surface area contributed by atoms with Crippen LogP contribution in [0.15, 0.2) is 23.0 Å². The smallest absolute Gasteiger partial charge is 0.263 e. The second-order valence-electron chi connectivity index (χ2n) is 6.73. The molecule has 2 heterocycles. The van der Waals surface area contributed by atoms with E-state index in [1.165, 1.54) is 11.1 Å². The quantitative estimate of drug-likeness (QED) is 0.636. The third kappa shape index (κ3) is 2.89. The number of terminal acetylenes is 1. The minimum atomic E-state index is -0.0378. The first-order chi connectivity index (χ1) is 11.8. The predicted octanol–water partition coefficient (Wildman–Crippen LogP) is 4.81. The van der Waals surface area contributed by atoms with Gasteiger partial charge in [-0.2, -0.15) is 0 Å². The normalized spacial score (nSPS) is 11.2. The van der Waals surface area contributed by atoms with Gasteiger partial charge in [0.1, 0.15) is 10.7 Å². The highest BCUT2D eigenvalue weighted by Gasteiger charge is 2.20. The maximum Gasteiger partial charge on any atom is 0.263 e. The Hall–Kier alpha value is -2.38. The molecule has 0 saturated carbocycles. The molecule has 3 aromatic rings. The molecule has 0 amide bonds. The van der Waals surface area contributed by atoms with E-state index in [1.54, 1.807) is 15.9 Å². The van der Waals surface area contributed by atoms with E-state index in [9.17, 15) is 4.79 Å². The lowest BCUT2D eigenvalue weighted by Gasteiger charge is -2.13. The number of aryl methyl sites for hydroxylation is 3. The molecular weight excluding hydrogens is 328 g/mol. The molecule has 0 radical (unpaired) electrons. The Morgan fingerprint density at radius 1 is 1.24 bits per heavy atom. The van der Waals surface area contributed by atoms with Crippen LogP contribution in [0.25, 0.3) is 21.3 Å². The summed E-state index contributed by atoms with van der Waals surface area (Å²) in [6.07, 6.45) is 5.50. The van der Waals surface area contributed by atoms with E-state index in [0.717, 1.165) is 26.7 Å². The van der Waals surface area contributed by atoms with Gasteiger partial charge in [0.15, 0.2) is 0 Å². The fourth-order valence-electron chi connectivity index (χ4n) is 3.14. The summed E-state index contributed by atoms with van der Waals surface area (Å²) in [5, 5.41) is 0.686. The van der Waals surface area contributed by atoms with E-state index in [-0.39, 0.29) is 18.0 Å². The molecule has 0 saturated heterocycles. The zero-order valence-electron chi connectivity index (χ0n) is 15.3. The number of thiophene rings is 1. The number of hydrogen-bond acceptors (Lipinski definition) is 3. The second kappa shape index (κ2) is 6.50. The van der Waals surface area contributed by atoms with Gasteiger partial charge in [-0.05, 0) is 37.5 Å². The predicted molar refractivity (Wildman–Crippen MR) is 106 cm³/mol. The summed E-state index contributed by atoms with van der Waals surface area (Å²) in [5.41, 5.74) is 4.47. The van der Waals surface area contributed by atoms with Crippen molar-refractivity contribution in [3.8, 4) is 23.5 Å².